The number of nitrogens with one attached hydrogen (secondary N) is 2. The second-order valence-corrected chi connectivity index (χ2v) is 8.57. The zero-order valence-electron chi connectivity index (χ0n) is 18.2. The van der Waals surface area contributed by atoms with Crippen molar-refractivity contribution in [1.82, 2.24) is 9.97 Å². The Bertz CT molecular complexity index is 751. The van der Waals surface area contributed by atoms with Crippen LogP contribution in [0.3, 0.4) is 0 Å². The molecule has 156 valence electrons. The lowest BCUT2D eigenvalue weighted by molar-refractivity contribution is -0.108. The zero-order valence-corrected chi connectivity index (χ0v) is 18.2. The van der Waals surface area contributed by atoms with Crippen molar-refractivity contribution in [2.75, 3.05) is 0 Å². The molecule has 0 radical (unpaired) electrons. The van der Waals surface area contributed by atoms with Crippen LogP contribution < -0.4 is 5.69 Å². The Morgan fingerprint density at radius 1 is 1.00 bits per heavy atom. The van der Waals surface area contributed by atoms with Crippen molar-refractivity contribution in [2.24, 2.45) is 11.8 Å². The van der Waals surface area contributed by atoms with E-state index in [-0.39, 0.29) is 5.69 Å². The van der Waals surface area contributed by atoms with Crippen molar-refractivity contribution in [3.63, 3.8) is 0 Å². The molecule has 2 N–H and O–H groups in total. The van der Waals surface area contributed by atoms with Gasteiger partial charge in [-0.1, -0.05) is 36.1 Å². The maximum Gasteiger partial charge on any atom is 0.323 e. The van der Waals surface area contributed by atoms with Crippen molar-refractivity contribution in [3.05, 3.63) is 44.7 Å². The third-order valence-corrected chi connectivity index (χ3v) is 6.58. The van der Waals surface area contributed by atoms with Gasteiger partial charge >= 0.3 is 5.69 Å². The van der Waals surface area contributed by atoms with Crippen LogP contribution >= 0.6 is 0 Å². The summed E-state index contributed by atoms with van der Waals surface area (Å²) in [5, 5.41) is 0. The summed E-state index contributed by atoms with van der Waals surface area (Å²) in [5.74, 6) is 1.34. The highest BCUT2D eigenvalue weighted by Crippen LogP contribution is 2.33. The van der Waals surface area contributed by atoms with E-state index < -0.39 is 0 Å². The average Bonchev–Trinajstić information content (AvgIpc) is 3.10. The smallest absolute Gasteiger partial charge is 0.313 e. The third-order valence-electron chi connectivity index (χ3n) is 6.58. The Kier molecular flexibility index (Phi) is 9.01. The lowest BCUT2D eigenvalue weighted by atomic mass is 9.81. The number of rotatable bonds is 6. The van der Waals surface area contributed by atoms with E-state index >= 15 is 0 Å². The van der Waals surface area contributed by atoms with E-state index in [1.165, 1.54) is 51.4 Å². The predicted octanol–water partition coefficient (Wildman–Crippen LogP) is 5.87. The SMILES string of the molecule is CCC1=C(C)CCC(CC=O)C1.CCC1=C(C)CCC(Cc2c[nH]c(=O)[nH]2)C1. The van der Waals surface area contributed by atoms with Crippen molar-refractivity contribution >= 4 is 6.29 Å². The maximum absolute atomic E-state index is 11.0. The highest BCUT2D eigenvalue weighted by molar-refractivity contribution is 5.50. The number of H-pyrrole nitrogens is 2. The second kappa shape index (κ2) is 11.2. The fourth-order valence-electron chi connectivity index (χ4n) is 4.64. The highest BCUT2D eigenvalue weighted by Gasteiger charge is 2.19. The summed E-state index contributed by atoms with van der Waals surface area (Å²) in [6, 6.07) is 0. The van der Waals surface area contributed by atoms with Crippen molar-refractivity contribution in [1.29, 1.82) is 0 Å². The van der Waals surface area contributed by atoms with Crippen LogP contribution in [0.1, 0.15) is 91.2 Å². The summed E-state index contributed by atoms with van der Waals surface area (Å²) in [6.45, 7) is 8.94. The minimum atomic E-state index is -0.0896. The number of hydrogen-bond donors (Lipinski definition) is 2. The topological polar surface area (TPSA) is 65.7 Å². The van der Waals surface area contributed by atoms with Crippen LogP contribution in [0, 0.1) is 11.8 Å². The van der Waals surface area contributed by atoms with Gasteiger partial charge in [-0.3, -0.25) is 0 Å². The number of hydrogen-bond acceptors (Lipinski definition) is 2. The van der Waals surface area contributed by atoms with Gasteiger partial charge in [0.2, 0.25) is 0 Å². The van der Waals surface area contributed by atoms with Crippen LogP contribution in [0.4, 0.5) is 0 Å². The van der Waals surface area contributed by atoms with Gasteiger partial charge in [-0.15, -0.1) is 0 Å². The number of aromatic nitrogens is 2. The van der Waals surface area contributed by atoms with Gasteiger partial charge in [0.1, 0.15) is 6.29 Å². The first-order chi connectivity index (χ1) is 13.5. The Labute approximate surface area is 169 Å². The fraction of sp³-hybridized carbons (Fsp3) is 0.667. The van der Waals surface area contributed by atoms with Gasteiger partial charge in [-0.2, -0.15) is 0 Å². The number of carbonyl (C=O) groups is 1. The van der Waals surface area contributed by atoms with Gasteiger partial charge < -0.3 is 14.8 Å². The van der Waals surface area contributed by atoms with Crippen LogP contribution in [0.25, 0.3) is 0 Å². The summed E-state index contributed by atoms with van der Waals surface area (Å²) < 4.78 is 0. The highest BCUT2D eigenvalue weighted by atomic mass is 16.1. The Balaban J connectivity index is 0.000000209. The molecule has 1 aromatic rings. The maximum atomic E-state index is 11.0. The van der Waals surface area contributed by atoms with E-state index in [2.05, 4.69) is 37.7 Å². The van der Waals surface area contributed by atoms with Crippen LogP contribution in [-0.2, 0) is 11.2 Å². The van der Waals surface area contributed by atoms with Gasteiger partial charge in [0.15, 0.2) is 0 Å². The summed E-state index contributed by atoms with van der Waals surface area (Å²) in [5.41, 5.74) is 7.32. The van der Waals surface area contributed by atoms with Crippen molar-refractivity contribution < 1.29 is 4.79 Å². The number of carbonyl (C=O) groups excluding carboxylic acids is 1. The molecule has 2 aliphatic rings. The van der Waals surface area contributed by atoms with Gasteiger partial charge in [0.25, 0.3) is 0 Å². The van der Waals surface area contributed by atoms with E-state index in [0.29, 0.717) is 11.8 Å². The third kappa shape index (κ3) is 6.65. The Morgan fingerprint density at radius 2 is 1.57 bits per heavy atom. The summed E-state index contributed by atoms with van der Waals surface area (Å²) in [6.07, 6.45) is 14.2. The van der Waals surface area contributed by atoms with Gasteiger partial charge in [0.05, 0.1) is 0 Å². The molecule has 0 saturated heterocycles. The first kappa shape index (κ1) is 22.4. The fourth-order valence-corrected chi connectivity index (χ4v) is 4.64. The summed E-state index contributed by atoms with van der Waals surface area (Å²) in [4.78, 5) is 26.8. The molecule has 2 aliphatic carbocycles. The van der Waals surface area contributed by atoms with E-state index in [4.69, 9.17) is 0 Å². The second-order valence-electron chi connectivity index (χ2n) is 8.57. The molecule has 0 amide bonds. The monoisotopic (exact) mass is 386 g/mol. The molecule has 1 heterocycles. The molecule has 0 saturated carbocycles. The minimum absolute atomic E-state index is 0.0896. The van der Waals surface area contributed by atoms with Crippen LogP contribution in [0.15, 0.2) is 33.3 Å². The lowest BCUT2D eigenvalue weighted by Crippen LogP contribution is -2.13. The Morgan fingerprint density at radius 3 is 2.07 bits per heavy atom. The van der Waals surface area contributed by atoms with Gasteiger partial charge in [-0.05, 0) is 83.5 Å². The van der Waals surface area contributed by atoms with E-state index in [9.17, 15) is 9.59 Å². The van der Waals surface area contributed by atoms with Crippen molar-refractivity contribution in [2.45, 2.75) is 91.9 Å². The molecule has 2 unspecified atom stereocenters. The zero-order chi connectivity index (χ0) is 20.5. The summed E-state index contributed by atoms with van der Waals surface area (Å²) >= 11 is 0. The predicted molar refractivity (Wildman–Crippen MR) is 116 cm³/mol. The first-order valence-electron chi connectivity index (χ1n) is 11.0. The number of aldehydes is 1. The van der Waals surface area contributed by atoms with Crippen molar-refractivity contribution in [3.8, 4) is 0 Å². The normalized spacial score (nSPS) is 22.7. The summed E-state index contributed by atoms with van der Waals surface area (Å²) in [7, 11) is 0. The molecule has 28 heavy (non-hydrogen) atoms. The van der Waals surface area contributed by atoms with Gasteiger partial charge in [0, 0.05) is 18.3 Å². The number of aromatic amines is 2. The Hall–Kier alpha value is -1.84. The molecule has 0 spiro atoms. The molecule has 3 rings (SSSR count). The molecule has 4 nitrogen and oxygen atoms in total. The van der Waals surface area contributed by atoms with Gasteiger partial charge in [-0.25, -0.2) is 4.79 Å². The largest absolute Gasteiger partial charge is 0.323 e. The standard InChI is InChI=1S/C13H20N2O.C11H18O/c1-3-11-6-10(5-4-9(11)2)7-12-8-14-13(16)15-12;1-3-11-8-10(6-7-12)5-4-9(11)2/h8,10H,3-7H2,1-2H3,(H2,14,15,16);7,10H,3-6,8H2,1-2H3. The average molecular weight is 387 g/mol. The van der Waals surface area contributed by atoms with Crippen LogP contribution in [0.5, 0.6) is 0 Å². The van der Waals surface area contributed by atoms with Crippen LogP contribution in [-0.4, -0.2) is 16.3 Å². The molecule has 0 aliphatic heterocycles. The molecule has 2 atom stereocenters. The first-order valence-corrected chi connectivity index (χ1v) is 11.0. The molecule has 0 fully saturated rings. The molecule has 0 aromatic carbocycles. The molecular weight excluding hydrogens is 348 g/mol. The van der Waals surface area contributed by atoms with E-state index in [1.54, 1.807) is 28.5 Å². The lowest BCUT2D eigenvalue weighted by Gasteiger charge is -2.25. The van der Waals surface area contributed by atoms with Crippen LogP contribution in [0.2, 0.25) is 0 Å². The minimum Gasteiger partial charge on any atom is -0.313 e. The van der Waals surface area contributed by atoms with E-state index in [1.807, 2.05) is 0 Å². The molecule has 4 heteroatoms. The molecular formula is C24H38N2O2. The number of imidazole rings is 1. The van der Waals surface area contributed by atoms with E-state index in [0.717, 1.165) is 24.8 Å². The number of allylic oxidation sites excluding steroid dienone is 4. The quantitative estimate of drug-likeness (QED) is 0.474. The molecule has 0 bridgehead atoms. The molecule has 1 aromatic heterocycles.